The lowest BCUT2D eigenvalue weighted by atomic mass is 9.97. The molecule has 0 bridgehead atoms. The molecule has 0 fully saturated rings. The fourth-order valence-corrected chi connectivity index (χ4v) is 1.88. The van der Waals surface area contributed by atoms with Crippen LogP contribution >= 0.6 is 0 Å². The number of hydrogen-bond acceptors (Lipinski definition) is 2. The Kier molecular flexibility index (Phi) is 4.08. The fourth-order valence-electron chi connectivity index (χ4n) is 1.88. The molecule has 0 aromatic heterocycles. The van der Waals surface area contributed by atoms with Crippen molar-refractivity contribution in [3.8, 4) is 0 Å². The summed E-state index contributed by atoms with van der Waals surface area (Å²) in [4.78, 5) is 4.70. The van der Waals surface area contributed by atoms with Crippen LogP contribution in [0.3, 0.4) is 0 Å². The van der Waals surface area contributed by atoms with Gasteiger partial charge in [-0.05, 0) is 6.07 Å². The van der Waals surface area contributed by atoms with Crippen molar-refractivity contribution >= 4 is 5.71 Å². The van der Waals surface area contributed by atoms with E-state index in [0.29, 0.717) is 5.56 Å². The van der Waals surface area contributed by atoms with E-state index in [-0.39, 0.29) is 11.3 Å². The Morgan fingerprint density at radius 1 is 0.950 bits per heavy atom. The number of nitrogens with zero attached hydrogens (tertiary/aromatic N) is 1. The number of hydrogen-bond donors (Lipinski definition) is 0. The van der Waals surface area contributed by atoms with Gasteiger partial charge >= 0.3 is 6.18 Å². The van der Waals surface area contributed by atoms with Crippen LogP contribution in [0.4, 0.5) is 13.2 Å². The second kappa shape index (κ2) is 5.77. The third kappa shape index (κ3) is 2.99. The molecule has 0 saturated carbocycles. The molecule has 0 heterocycles. The first kappa shape index (κ1) is 14.1. The molecule has 0 aliphatic heterocycles. The maximum absolute atomic E-state index is 13.1. The standard InChI is InChI=1S/C15H12F3NO/c1-20-19-14(11-7-3-2-4-8-11)12-9-5-6-10-13(12)15(16,17)18/h2-10H,1H3. The van der Waals surface area contributed by atoms with E-state index in [1.165, 1.54) is 19.2 Å². The van der Waals surface area contributed by atoms with E-state index in [1.54, 1.807) is 36.4 Å². The van der Waals surface area contributed by atoms with Gasteiger partial charge in [-0.25, -0.2) is 0 Å². The molecule has 0 saturated heterocycles. The van der Waals surface area contributed by atoms with Crippen molar-refractivity contribution in [3.05, 3.63) is 71.3 Å². The monoisotopic (exact) mass is 279 g/mol. The highest BCUT2D eigenvalue weighted by Crippen LogP contribution is 2.33. The Labute approximate surface area is 114 Å². The van der Waals surface area contributed by atoms with Crippen molar-refractivity contribution in [1.29, 1.82) is 0 Å². The second-order valence-electron chi connectivity index (χ2n) is 4.03. The minimum atomic E-state index is -4.44. The summed E-state index contributed by atoms with van der Waals surface area (Å²) in [5.74, 6) is 0. The van der Waals surface area contributed by atoms with E-state index in [9.17, 15) is 13.2 Å². The largest absolute Gasteiger partial charge is 0.417 e. The molecule has 20 heavy (non-hydrogen) atoms. The molecule has 0 atom stereocenters. The number of oxime groups is 1. The molecule has 104 valence electrons. The van der Waals surface area contributed by atoms with Crippen LogP contribution in [-0.4, -0.2) is 12.8 Å². The lowest BCUT2D eigenvalue weighted by Crippen LogP contribution is -2.14. The van der Waals surface area contributed by atoms with Crippen LogP contribution in [0.2, 0.25) is 0 Å². The van der Waals surface area contributed by atoms with Crippen LogP contribution in [0.1, 0.15) is 16.7 Å². The first-order chi connectivity index (χ1) is 9.54. The third-order valence-corrected chi connectivity index (χ3v) is 2.72. The second-order valence-corrected chi connectivity index (χ2v) is 4.03. The molecule has 5 heteroatoms. The summed E-state index contributed by atoms with van der Waals surface area (Å²) in [5.41, 5.74) is -0.0280. The molecule has 2 rings (SSSR count). The van der Waals surface area contributed by atoms with Crippen LogP contribution in [0, 0.1) is 0 Å². The van der Waals surface area contributed by atoms with Crippen molar-refractivity contribution in [1.82, 2.24) is 0 Å². The maximum atomic E-state index is 13.1. The zero-order valence-corrected chi connectivity index (χ0v) is 10.7. The summed E-state index contributed by atoms with van der Waals surface area (Å²) < 4.78 is 39.2. The Bertz CT molecular complexity index is 606. The van der Waals surface area contributed by atoms with Gasteiger partial charge in [0.05, 0.1) is 5.56 Å². The molecule has 2 aromatic rings. The fraction of sp³-hybridized carbons (Fsp3) is 0.133. The minimum absolute atomic E-state index is 0.00644. The average molecular weight is 279 g/mol. The third-order valence-electron chi connectivity index (χ3n) is 2.72. The van der Waals surface area contributed by atoms with Gasteiger partial charge in [-0.3, -0.25) is 0 Å². The highest BCUT2D eigenvalue weighted by molar-refractivity contribution is 6.13. The van der Waals surface area contributed by atoms with Gasteiger partial charge in [-0.2, -0.15) is 13.2 Å². The van der Waals surface area contributed by atoms with Crippen LogP contribution < -0.4 is 0 Å². The van der Waals surface area contributed by atoms with Gasteiger partial charge in [-0.15, -0.1) is 0 Å². The molecule has 0 spiro atoms. The highest BCUT2D eigenvalue weighted by atomic mass is 19.4. The van der Waals surface area contributed by atoms with Crippen molar-refractivity contribution in [2.24, 2.45) is 5.16 Å². The summed E-state index contributed by atoms with van der Waals surface area (Å²) >= 11 is 0. The summed E-state index contributed by atoms with van der Waals surface area (Å²) in [6.45, 7) is 0. The first-order valence-corrected chi connectivity index (χ1v) is 5.87. The Hall–Kier alpha value is -2.30. The van der Waals surface area contributed by atoms with E-state index in [0.717, 1.165) is 6.07 Å². The molecule has 0 amide bonds. The normalized spacial score (nSPS) is 12.3. The van der Waals surface area contributed by atoms with Crippen molar-refractivity contribution < 1.29 is 18.0 Å². The molecule has 0 radical (unpaired) electrons. The molecule has 0 aliphatic carbocycles. The SMILES string of the molecule is CON=C(c1ccccc1)c1ccccc1C(F)(F)F. The quantitative estimate of drug-likeness (QED) is 0.612. The average Bonchev–Trinajstić information content (AvgIpc) is 2.45. The van der Waals surface area contributed by atoms with Gasteiger partial charge < -0.3 is 4.84 Å². The number of benzene rings is 2. The number of alkyl halides is 3. The predicted molar refractivity (Wildman–Crippen MR) is 70.5 cm³/mol. The first-order valence-electron chi connectivity index (χ1n) is 5.87. The summed E-state index contributed by atoms with van der Waals surface area (Å²) in [6.07, 6.45) is -4.44. The van der Waals surface area contributed by atoms with Crippen LogP contribution in [-0.2, 0) is 11.0 Å². The lowest BCUT2D eigenvalue weighted by Gasteiger charge is -2.14. The van der Waals surface area contributed by atoms with E-state index in [4.69, 9.17) is 4.84 Å². The van der Waals surface area contributed by atoms with Crippen molar-refractivity contribution in [2.75, 3.05) is 7.11 Å². The van der Waals surface area contributed by atoms with Crippen molar-refractivity contribution in [3.63, 3.8) is 0 Å². The molecule has 0 unspecified atom stereocenters. The topological polar surface area (TPSA) is 21.6 Å². The van der Waals surface area contributed by atoms with Gasteiger partial charge in [0.15, 0.2) is 0 Å². The number of halogens is 3. The summed E-state index contributed by atoms with van der Waals surface area (Å²) in [6, 6.07) is 13.9. The van der Waals surface area contributed by atoms with Crippen LogP contribution in [0.5, 0.6) is 0 Å². The molecule has 2 aromatic carbocycles. The predicted octanol–water partition coefficient (Wildman–Crippen LogP) is 4.10. The Balaban J connectivity index is 2.61. The molecular formula is C15H12F3NO. The van der Waals surface area contributed by atoms with Crippen LogP contribution in [0.15, 0.2) is 59.8 Å². The molecule has 2 nitrogen and oxygen atoms in total. The lowest BCUT2D eigenvalue weighted by molar-refractivity contribution is -0.137. The zero-order valence-electron chi connectivity index (χ0n) is 10.7. The smallest absolute Gasteiger partial charge is 0.399 e. The summed E-state index contributed by atoms with van der Waals surface area (Å²) in [5, 5.41) is 3.76. The number of rotatable bonds is 3. The zero-order chi connectivity index (χ0) is 14.6. The highest BCUT2D eigenvalue weighted by Gasteiger charge is 2.34. The molecular weight excluding hydrogens is 267 g/mol. The van der Waals surface area contributed by atoms with Gasteiger partial charge in [0, 0.05) is 11.1 Å². The van der Waals surface area contributed by atoms with Gasteiger partial charge in [-0.1, -0.05) is 53.7 Å². The van der Waals surface area contributed by atoms with E-state index in [1.807, 2.05) is 0 Å². The molecule has 0 N–H and O–H groups in total. The van der Waals surface area contributed by atoms with Crippen molar-refractivity contribution in [2.45, 2.75) is 6.18 Å². The van der Waals surface area contributed by atoms with Gasteiger partial charge in [0.2, 0.25) is 0 Å². The van der Waals surface area contributed by atoms with E-state index in [2.05, 4.69) is 5.16 Å². The summed E-state index contributed by atoms with van der Waals surface area (Å²) in [7, 11) is 1.30. The van der Waals surface area contributed by atoms with Gasteiger partial charge in [0.1, 0.15) is 12.8 Å². The van der Waals surface area contributed by atoms with E-state index < -0.39 is 11.7 Å². The maximum Gasteiger partial charge on any atom is 0.417 e. The minimum Gasteiger partial charge on any atom is -0.399 e. The van der Waals surface area contributed by atoms with Crippen LogP contribution in [0.25, 0.3) is 0 Å². The molecule has 0 aliphatic rings. The van der Waals surface area contributed by atoms with E-state index >= 15 is 0 Å². The van der Waals surface area contributed by atoms with Gasteiger partial charge in [0.25, 0.3) is 0 Å². The Morgan fingerprint density at radius 3 is 2.15 bits per heavy atom. The Morgan fingerprint density at radius 2 is 1.55 bits per heavy atom.